The van der Waals surface area contributed by atoms with Gasteiger partial charge < -0.3 is 10.1 Å². The van der Waals surface area contributed by atoms with Gasteiger partial charge in [-0.15, -0.1) is 0 Å². The van der Waals surface area contributed by atoms with Crippen LogP contribution < -0.4 is 5.32 Å². The predicted octanol–water partition coefficient (Wildman–Crippen LogP) is 3.26. The molecule has 0 spiro atoms. The summed E-state index contributed by atoms with van der Waals surface area (Å²) in [5.74, 6) is -0.184. The van der Waals surface area contributed by atoms with Gasteiger partial charge in [-0.3, -0.25) is 14.9 Å². The number of amides is 1. The summed E-state index contributed by atoms with van der Waals surface area (Å²) in [6.07, 6.45) is 1.38. The topological polar surface area (TPSA) is 81.5 Å². The molecule has 1 fully saturated rings. The standard InChI is InChI=1S/C16H22N2O4/c1-16(2,3)13-5-4-12(10-14(13)18(20)21)17-15(19)11-6-8-22-9-7-11/h4-5,10-11H,6-9H2,1-3H3,(H,17,19). The third-order valence-corrected chi connectivity index (χ3v) is 3.86. The maximum absolute atomic E-state index is 12.2. The van der Waals surface area contributed by atoms with E-state index in [4.69, 9.17) is 4.74 Å². The van der Waals surface area contributed by atoms with E-state index in [9.17, 15) is 14.9 Å². The van der Waals surface area contributed by atoms with Gasteiger partial charge in [-0.05, 0) is 30.4 Å². The summed E-state index contributed by atoms with van der Waals surface area (Å²) in [5.41, 5.74) is 0.834. The number of nitrogens with one attached hydrogen (secondary N) is 1. The zero-order chi connectivity index (χ0) is 16.3. The first kappa shape index (κ1) is 16.4. The largest absolute Gasteiger partial charge is 0.381 e. The molecular weight excluding hydrogens is 284 g/mol. The van der Waals surface area contributed by atoms with E-state index in [0.717, 1.165) is 0 Å². The van der Waals surface area contributed by atoms with Crippen LogP contribution >= 0.6 is 0 Å². The Kier molecular flexibility index (Phi) is 4.81. The number of benzene rings is 1. The molecule has 1 aromatic carbocycles. The Labute approximate surface area is 130 Å². The number of hydrogen-bond donors (Lipinski definition) is 1. The zero-order valence-corrected chi connectivity index (χ0v) is 13.2. The minimum Gasteiger partial charge on any atom is -0.381 e. The van der Waals surface area contributed by atoms with Gasteiger partial charge >= 0.3 is 0 Å². The summed E-state index contributed by atoms with van der Waals surface area (Å²) < 4.78 is 5.23. The van der Waals surface area contributed by atoms with E-state index in [-0.39, 0.29) is 22.9 Å². The van der Waals surface area contributed by atoms with E-state index in [1.807, 2.05) is 20.8 Å². The van der Waals surface area contributed by atoms with Crippen molar-refractivity contribution in [2.24, 2.45) is 5.92 Å². The molecule has 120 valence electrons. The predicted molar refractivity (Wildman–Crippen MR) is 84.0 cm³/mol. The van der Waals surface area contributed by atoms with Crippen LogP contribution in [0, 0.1) is 16.0 Å². The first-order chi connectivity index (χ1) is 10.3. The summed E-state index contributed by atoms with van der Waals surface area (Å²) in [6, 6.07) is 4.89. The minimum absolute atomic E-state index is 0.0391. The molecule has 1 N–H and O–H groups in total. The van der Waals surface area contributed by atoms with Crippen molar-refractivity contribution in [3.05, 3.63) is 33.9 Å². The van der Waals surface area contributed by atoms with Gasteiger partial charge in [0, 0.05) is 36.4 Å². The second-order valence-electron chi connectivity index (χ2n) is 6.61. The fourth-order valence-electron chi connectivity index (χ4n) is 2.60. The monoisotopic (exact) mass is 306 g/mol. The molecule has 1 amide bonds. The van der Waals surface area contributed by atoms with Gasteiger partial charge in [-0.1, -0.05) is 20.8 Å². The van der Waals surface area contributed by atoms with Crippen LogP contribution in [0.1, 0.15) is 39.2 Å². The van der Waals surface area contributed by atoms with Crippen molar-refractivity contribution in [1.82, 2.24) is 0 Å². The zero-order valence-electron chi connectivity index (χ0n) is 13.2. The molecule has 6 nitrogen and oxygen atoms in total. The lowest BCUT2D eigenvalue weighted by molar-refractivity contribution is -0.385. The maximum Gasteiger partial charge on any atom is 0.275 e. The van der Waals surface area contributed by atoms with Crippen LogP contribution in [-0.4, -0.2) is 24.0 Å². The Morgan fingerprint density at radius 3 is 2.50 bits per heavy atom. The van der Waals surface area contributed by atoms with E-state index >= 15 is 0 Å². The van der Waals surface area contributed by atoms with E-state index < -0.39 is 4.92 Å². The van der Waals surface area contributed by atoms with Crippen LogP contribution in [0.5, 0.6) is 0 Å². The van der Waals surface area contributed by atoms with Crippen molar-refractivity contribution >= 4 is 17.3 Å². The lowest BCUT2D eigenvalue weighted by Gasteiger charge is -2.22. The summed E-state index contributed by atoms with van der Waals surface area (Å²) in [6.45, 7) is 6.95. The van der Waals surface area contributed by atoms with Gasteiger partial charge in [0.2, 0.25) is 5.91 Å². The summed E-state index contributed by atoms with van der Waals surface area (Å²) >= 11 is 0. The van der Waals surface area contributed by atoms with Crippen LogP contribution in [-0.2, 0) is 14.9 Å². The molecule has 2 rings (SSSR count). The van der Waals surface area contributed by atoms with Crippen LogP contribution in [0.25, 0.3) is 0 Å². The van der Waals surface area contributed by atoms with Crippen LogP contribution in [0.2, 0.25) is 0 Å². The van der Waals surface area contributed by atoms with Crippen LogP contribution in [0.15, 0.2) is 18.2 Å². The lowest BCUT2D eigenvalue weighted by Crippen LogP contribution is -2.28. The number of ether oxygens (including phenoxy) is 1. The minimum atomic E-state index is -0.398. The number of anilines is 1. The summed E-state index contributed by atoms with van der Waals surface area (Å²) in [7, 11) is 0. The van der Waals surface area contributed by atoms with Crippen molar-refractivity contribution in [3.8, 4) is 0 Å². The van der Waals surface area contributed by atoms with Crippen LogP contribution in [0.3, 0.4) is 0 Å². The van der Waals surface area contributed by atoms with E-state index in [1.54, 1.807) is 12.1 Å². The maximum atomic E-state index is 12.2. The normalized spacial score (nSPS) is 16.3. The molecule has 1 aliphatic rings. The fourth-order valence-corrected chi connectivity index (χ4v) is 2.60. The van der Waals surface area contributed by atoms with Crippen molar-refractivity contribution < 1.29 is 14.5 Å². The lowest BCUT2D eigenvalue weighted by atomic mass is 9.85. The average Bonchev–Trinajstić information content (AvgIpc) is 2.47. The van der Waals surface area contributed by atoms with Crippen molar-refractivity contribution in [2.75, 3.05) is 18.5 Å². The fraction of sp³-hybridized carbons (Fsp3) is 0.562. The first-order valence-corrected chi connectivity index (χ1v) is 7.46. The van der Waals surface area contributed by atoms with Gasteiger partial charge in [-0.2, -0.15) is 0 Å². The van der Waals surface area contributed by atoms with Crippen molar-refractivity contribution in [3.63, 3.8) is 0 Å². The molecule has 1 saturated heterocycles. The summed E-state index contributed by atoms with van der Waals surface area (Å²) in [4.78, 5) is 23.1. The molecule has 0 aromatic heterocycles. The molecule has 22 heavy (non-hydrogen) atoms. The second kappa shape index (κ2) is 6.44. The number of nitrogens with zero attached hydrogens (tertiary/aromatic N) is 1. The Morgan fingerprint density at radius 1 is 1.32 bits per heavy atom. The Hall–Kier alpha value is -1.95. The Morgan fingerprint density at radius 2 is 1.95 bits per heavy atom. The second-order valence-corrected chi connectivity index (χ2v) is 6.61. The molecule has 0 saturated carbocycles. The summed E-state index contributed by atoms with van der Waals surface area (Å²) in [5, 5.41) is 14.1. The SMILES string of the molecule is CC(C)(C)c1ccc(NC(=O)C2CCOCC2)cc1[N+](=O)[O-]. The quantitative estimate of drug-likeness (QED) is 0.686. The molecule has 0 atom stereocenters. The van der Waals surface area contributed by atoms with E-state index in [2.05, 4.69) is 5.32 Å². The molecular formula is C16H22N2O4. The number of nitro benzene ring substituents is 1. The molecule has 1 aromatic rings. The Bertz CT molecular complexity index is 572. The number of nitro groups is 1. The van der Waals surface area contributed by atoms with Crippen molar-refractivity contribution in [1.29, 1.82) is 0 Å². The molecule has 1 heterocycles. The highest BCUT2D eigenvalue weighted by atomic mass is 16.6. The van der Waals surface area contributed by atoms with Gasteiger partial charge in [0.25, 0.3) is 5.69 Å². The Balaban J connectivity index is 2.20. The van der Waals surface area contributed by atoms with E-state index in [1.165, 1.54) is 6.07 Å². The molecule has 0 unspecified atom stereocenters. The third kappa shape index (κ3) is 3.82. The van der Waals surface area contributed by atoms with Gasteiger partial charge in [0.05, 0.1) is 4.92 Å². The van der Waals surface area contributed by atoms with E-state index in [0.29, 0.717) is 37.3 Å². The highest BCUT2D eigenvalue weighted by Gasteiger charge is 2.26. The first-order valence-electron chi connectivity index (χ1n) is 7.46. The average molecular weight is 306 g/mol. The third-order valence-electron chi connectivity index (χ3n) is 3.86. The molecule has 1 aliphatic heterocycles. The molecule has 0 radical (unpaired) electrons. The number of rotatable bonds is 3. The van der Waals surface area contributed by atoms with Gasteiger partial charge in [0.15, 0.2) is 0 Å². The van der Waals surface area contributed by atoms with Crippen LogP contribution in [0.4, 0.5) is 11.4 Å². The molecule has 0 aliphatic carbocycles. The smallest absolute Gasteiger partial charge is 0.275 e. The van der Waals surface area contributed by atoms with Crippen molar-refractivity contribution in [2.45, 2.75) is 39.0 Å². The number of hydrogen-bond acceptors (Lipinski definition) is 4. The number of carbonyl (C=O) groups excluding carboxylic acids is 1. The van der Waals surface area contributed by atoms with Gasteiger partial charge in [0.1, 0.15) is 0 Å². The van der Waals surface area contributed by atoms with Gasteiger partial charge in [-0.25, -0.2) is 0 Å². The highest BCUT2D eigenvalue weighted by Crippen LogP contribution is 2.33. The highest BCUT2D eigenvalue weighted by molar-refractivity contribution is 5.93. The number of carbonyl (C=O) groups is 1. The molecule has 6 heteroatoms. The molecule has 0 bridgehead atoms.